The second-order valence-electron chi connectivity index (χ2n) is 9.81. The third kappa shape index (κ3) is 3.76. The molecular weight excluding hydrogens is 504 g/mol. The number of ether oxygens (including phenoxy) is 6. The van der Waals surface area contributed by atoms with Crippen molar-refractivity contribution in [3.8, 4) is 28.7 Å². The lowest BCUT2D eigenvalue weighted by atomic mass is 9.60. The Labute approximate surface area is 226 Å². The Bertz CT molecular complexity index is 1390. The number of thioether (sulfide) groups is 1. The van der Waals surface area contributed by atoms with Crippen LogP contribution in [0.4, 0.5) is 0 Å². The van der Waals surface area contributed by atoms with E-state index in [1.165, 1.54) is 23.1 Å². The first-order valence-corrected chi connectivity index (χ1v) is 13.5. The van der Waals surface area contributed by atoms with Crippen molar-refractivity contribution in [1.82, 2.24) is 0 Å². The van der Waals surface area contributed by atoms with E-state index in [-0.39, 0.29) is 30.5 Å². The van der Waals surface area contributed by atoms with Crippen molar-refractivity contribution in [2.75, 3.05) is 41.0 Å². The maximum atomic E-state index is 13.7. The number of benzene rings is 3. The highest BCUT2D eigenvalue weighted by Crippen LogP contribution is 2.59. The maximum Gasteiger partial charge on any atom is 0.309 e. The molecule has 2 heterocycles. The fourth-order valence-electron chi connectivity index (χ4n) is 6.33. The average Bonchev–Trinajstić information content (AvgIpc) is 3.41. The van der Waals surface area contributed by atoms with Crippen molar-refractivity contribution in [2.45, 2.75) is 23.7 Å². The molecule has 0 N–H and O–H groups in total. The van der Waals surface area contributed by atoms with Gasteiger partial charge in [0, 0.05) is 22.5 Å². The zero-order valence-electron chi connectivity index (χ0n) is 22.0. The highest BCUT2D eigenvalue weighted by Gasteiger charge is 2.51. The van der Waals surface area contributed by atoms with Crippen LogP contribution in [0.2, 0.25) is 0 Å². The summed E-state index contributed by atoms with van der Waals surface area (Å²) in [4.78, 5) is 14.9. The Balaban J connectivity index is 1.64. The van der Waals surface area contributed by atoms with Gasteiger partial charge in [0.15, 0.2) is 23.0 Å². The highest BCUT2D eigenvalue weighted by molar-refractivity contribution is 7.99. The first-order chi connectivity index (χ1) is 18.5. The Morgan fingerprint density at radius 3 is 2.11 bits per heavy atom. The normalized spacial score (nSPS) is 22.6. The molecule has 0 spiro atoms. The van der Waals surface area contributed by atoms with Gasteiger partial charge >= 0.3 is 5.97 Å². The quantitative estimate of drug-likeness (QED) is 0.395. The predicted molar refractivity (Wildman–Crippen MR) is 143 cm³/mol. The summed E-state index contributed by atoms with van der Waals surface area (Å²) in [6.45, 7) is 2.28. The molecule has 3 aromatic rings. The summed E-state index contributed by atoms with van der Waals surface area (Å²) in [7, 11) is 6.24. The molecule has 0 unspecified atom stereocenters. The molecule has 4 atom stereocenters. The van der Waals surface area contributed by atoms with Crippen LogP contribution in [-0.4, -0.2) is 47.0 Å². The average molecular weight is 535 g/mol. The molecule has 3 aromatic carbocycles. The van der Waals surface area contributed by atoms with E-state index in [4.69, 9.17) is 28.4 Å². The Kier molecular flexibility index (Phi) is 6.30. The van der Waals surface area contributed by atoms with E-state index >= 15 is 0 Å². The van der Waals surface area contributed by atoms with E-state index < -0.39 is 5.92 Å². The molecule has 2 aliphatic heterocycles. The van der Waals surface area contributed by atoms with Crippen LogP contribution < -0.4 is 23.7 Å². The molecule has 0 aromatic heterocycles. The fraction of sp³-hybridized carbons (Fsp3) is 0.367. The van der Waals surface area contributed by atoms with E-state index in [9.17, 15) is 4.79 Å². The second-order valence-corrected chi connectivity index (χ2v) is 10.9. The molecule has 198 valence electrons. The minimum Gasteiger partial charge on any atom is -0.493 e. The third-order valence-electron chi connectivity index (χ3n) is 7.95. The molecule has 3 aliphatic rings. The third-order valence-corrected chi connectivity index (χ3v) is 9.18. The number of carbonyl (C=O) groups excluding carboxylic acids is 1. The molecule has 0 fully saturated rings. The van der Waals surface area contributed by atoms with Crippen molar-refractivity contribution >= 4 is 17.7 Å². The van der Waals surface area contributed by atoms with Crippen molar-refractivity contribution in [3.05, 3.63) is 70.3 Å². The molecular formula is C30H30O7S. The Hall–Kier alpha value is -3.52. The number of carbonyl (C=O) groups is 1. The van der Waals surface area contributed by atoms with Gasteiger partial charge in [-0.05, 0) is 65.4 Å². The monoisotopic (exact) mass is 534 g/mol. The largest absolute Gasteiger partial charge is 0.493 e. The number of aryl methyl sites for hydroxylation is 1. The van der Waals surface area contributed by atoms with Crippen LogP contribution in [0.5, 0.6) is 28.7 Å². The van der Waals surface area contributed by atoms with E-state index in [0.717, 1.165) is 28.2 Å². The minimum atomic E-state index is -0.443. The van der Waals surface area contributed by atoms with E-state index in [2.05, 4.69) is 31.2 Å². The van der Waals surface area contributed by atoms with Gasteiger partial charge in [-0.3, -0.25) is 4.79 Å². The Morgan fingerprint density at radius 2 is 1.50 bits per heavy atom. The summed E-state index contributed by atoms with van der Waals surface area (Å²) in [5.74, 6) is 2.78. The number of methoxy groups -OCH3 is 4. The van der Waals surface area contributed by atoms with Crippen LogP contribution in [0, 0.1) is 18.8 Å². The van der Waals surface area contributed by atoms with Gasteiger partial charge in [-0.1, -0.05) is 17.7 Å². The molecule has 0 amide bonds. The lowest BCUT2D eigenvalue weighted by Crippen LogP contribution is -2.42. The first-order valence-electron chi connectivity index (χ1n) is 12.5. The molecule has 0 bridgehead atoms. The molecule has 0 saturated carbocycles. The summed E-state index contributed by atoms with van der Waals surface area (Å²) in [6, 6.07) is 14.6. The standard InChI is InChI=1S/C30H30O7S/c1-15-6-7-25-19(8-15)27-18-12-22-21(36-14-37-22)11-17(18)26(28(30(31)35-5)20(27)13-38-25)16-9-23(32-2)29(34-4)24(10-16)33-3/h6-12,20,26-28H,13-14H2,1-5H3/t20-,26+,27+,28+/m0/s1. The van der Waals surface area contributed by atoms with Crippen LogP contribution in [-0.2, 0) is 9.53 Å². The van der Waals surface area contributed by atoms with Crippen molar-refractivity contribution in [1.29, 1.82) is 0 Å². The smallest absolute Gasteiger partial charge is 0.309 e. The number of esters is 1. The van der Waals surface area contributed by atoms with Gasteiger partial charge in [-0.2, -0.15) is 0 Å². The van der Waals surface area contributed by atoms with Gasteiger partial charge in [0.2, 0.25) is 12.5 Å². The van der Waals surface area contributed by atoms with Crippen molar-refractivity contribution in [2.24, 2.45) is 11.8 Å². The second kappa shape index (κ2) is 9.66. The number of hydrogen-bond acceptors (Lipinski definition) is 8. The SMILES string of the molecule is COC(=O)[C@H]1[C@H](c2cc(OC)c(OC)c(OC)c2)c2cc3c(cc2[C@@H]2c4cc(C)ccc4SC[C@@H]21)OCO3. The summed E-state index contributed by atoms with van der Waals surface area (Å²) in [5.41, 5.74) is 5.47. The lowest BCUT2D eigenvalue weighted by Gasteiger charge is -2.46. The summed E-state index contributed by atoms with van der Waals surface area (Å²) >= 11 is 1.80. The molecule has 1 aliphatic carbocycles. The van der Waals surface area contributed by atoms with Gasteiger partial charge in [0.25, 0.3) is 0 Å². The van der Waals surface area contributed by atoms with E-state index in [1.807, 2.05) is 18.2 Å². The van der Waals surface area contributed by atoms with Crippen LogP contribution >= 0.6 is 11.8 Å². The van der Waals surface area contributed by atoms with E-state index in [0.29, 0.717) is 23.0 Å². The first kappa shape index (κ1) is 24.8. The van der Waals surface area contributed by atoms with Gasteiger partial charge in [-0.15, -0.1) is 11.8 Å². The Morgan fingerprint density at radius 1 is 0.842 bits per heavy atom. The molecule has 0 radical (unpaired) electrons. The lowest BCUT2D eigenvalue weighted by molar-refractivity contribution is -0.148. The summed E-state index contributed by atoms with van der Waals surface area (Å²) in [5, 5.41) is 0. The fourth-order valence-corrected chi connectivity index (χ4v) is 7.62. The van der Waals surface area contributed by atoms with Crippen molar-refractivity contribution in [3.63, 3.8) is 0 Å². The number of rotatable bonds is 5. The van der Waals surface area contributed by atoms with Gasteiger partial charge in [-0.25, -0.2) is 0 Å². The molecule has 7 nitrogen and oxygen atoms in total. The van der Waals surface area contributed by atoms with Crippen LogP contribution in [0.3, 0.4) is 0 Å². The number of fused-ring (bicyclic) bond motifs is 6. The molecule has 0 saturated heterocycles. The summed E-state index contributed by atoms with van der Waals surface area (Å²) in [6.07, 6.45) is 0. The molecule has 6 rings (SSSR count). The zero-order chi connectivity index (χ0) is 26.6. The maximum absolute atomic E-state index is 13.7. The number of hydrogen-bond donors (Lipinski definition) is 0. The predicted octanol–water partition coefficient (Wildman–Crippen LogP) is 5.54. The molecule has 38 heavy (non-hydrogen) atoms. The van der Waals surface area contributed by atoms with Crippen LogP contribution in [0.1, 0.15) is 39.7 Å². The zero-order valence-corrected chi connectivity index (χ0v) is 22.8. The van der Waals surface area contributed by atoms with Crippen molar-refractivity contribution < 1.29 is 33.2 Å². The van der Waals surface area contributed by atoms with Gasteiger partial charge in [0.1, 0.15) is 0 Å². The van der Waals surface area contributed by atoms with Crippen LogP contribution in [0.25, 0.3) is 0 Å². The topological polar surface area (TPSA) is 72.5 Å². The minimum absolute atomic E-state index is 0.00119. The summed E-state index contributed by atoms with van der Waals surface area (Å²) < 4.78 is 34.1. The van der Waals surface area contributed by atoms with Gasteiger partial charge in [0.05, 0.1) is 34.4 Å². The highest BCUT2D eigenvalue weighted by atomic mass is 32.2. The van der Waals surface area contributed by atoms with Gasteiger partial charge < -0.3 is 28.4 Å². The molecule has 8 heteroatoms. The van der Waals surface area contributed by atoms with E-state index in [1.54, 1.807) is 33.1 Å². The van der Waals surface area contributed by atoms with Crippen LogP contribution in [0.15, 0.2) is 47.4 Å².